The average Bonchev–Trinajstić information content (AvgIpc) is 2.45. The van der Waals surface area contributed by atoms with E-state index in [1.807, 2.05) is 0 Å². The SMILES string of the molecule is O=C(O)c1cc(F)ccc1COc1cccc(C(F)(F)F)c1. The van der Waals surface area contributed by atoms with Gasteiger partial charge in [-0.25, -0.2) is 9.18 Å². The highest BCUT2D eigenvalue weighted by Crippen LogP contribution is 2.31. The maximum absolute atomic E-state index is 13.0. The van der Waals surface area contributed by atoms with E-state index in [1.54, 1.807) is 0 Å². The van der Waals surface area contributed by atoms with Crippen LogP contribution in [-0.4, -0.2) is 11.1 Å². The molecule has 3 nitrogen and oxygen atoms in total. The second kappa shape index (κ2) is 6.05. The van der Waals surface area contributed by atoms with Gasteiger partial charge in [0, 0.05) is 5.56 Å². The lowest BCUT2D eigenvalue weighted by atomic mass is 10.1. The molecule has 2 rings (SSSR count). The molecule has 0 bridgehead atoms. The van der Waals surface area contributed by atoms with Crippen molar-refractivity contribution in [3.8, 4) is 5.75 Å². The van der Waals surface area contributed by atoms with Crippen LogP contribution in [-0.2, 0) is 12.8 Å². The number of aromatic carboxylic acids is 1. The molecule has 0 spiro atoms. The third-order valence-corrected chi connectivity index (χ3v) is 2.86. The summed E-state index contributed by atoms with van der Waals surface area (Å²) in [6, 6.07) is 7.30. The number of ether oxygens (including phenoxy) is 1. The zero-order valence-electron chi connectivity index (χ0n) is 11.0. The van der Waals surface area contributed by atoms with Crippen LogP contribution in [0.2, 0.25) is 0 Å². The van der Waals surface area contributed by atoms with Crippen molar-refractivity contribution in [1.29, 1.82) is 0 Å². The van der Waals surface area contributed by atoms with Crippen molar-refractivity contribution in [3.63, 3.8) is 0 Å². The monoisotopic (exact) mass is 314 g/mol. The number of carboxylic acids is 1. The molecule has 1 N–H and O–H groups in total. The molecule has 0 radical (unpaired) electrons. The molecule has 0 heterocycles. The minimum atomic E-state index is -4.50. The first-order valence-electron chi connectivity index (χ1n) is 6.09. The van der Waals surface area contributed by atoms with Gasteiger partial charge in [0.1, 0.15) is 18.2 Å². The number of carboxylic acid groups (broad SMARTS) is 1. The molecule has 0 atom stereocenters. The zero-order chi connectivity index (χ0) is 16.3. The summed E-state index contributed by atoms with van der Waals surface area (Å²) in [4.78, 5) is 11.0. The molecule has 0 aromatic heterocycles. The fraction of sp³-hybridized carbons (Fsp3) is 0.133. The van der Waals surface area contributed by atoms with Gasteiger partial charge < -0.3 is 9.84 Å². The fourth-order valence-electron chi connectivity index (χ4n) is 1.80. The molecule has 0 saturated carbocycles. The van der Waals surface area contributed by atoms with Crippen LogP contribution in [0.1, 0.15) is 21.5 Å². The molecule has 0 amide bonds. The van der Waals surface area contributed by atoms with Gasteiger partial charge in [-0.3, -0.25) is 0 Å². The summed E-state index contributed by atoms with van der Waals surface area (Å²) in [6.07, 6.45) is -4.50. The van der Waals surface area contributed by atoms with Gasteiger partial charge in [-0.2, -0.15) is 13.2 Å². The van der Waals surface area contributed by atoms with E-state index in [-0.39, 0.29) is 23.5 Å². The number of hydrogen-bond acceptors (Lipinski definition) is 2. The summed E-state index contributed by atoms with van der Waals surface area (Å²) >= 11 is 0. The Balaban J connectivity index is 2.19. The summed E-state index contributed by atoms with van der Waals surface area (Å²) in [7, 11) is 0. The van der Waals surface area contributed by atoms with E-state index in [2.05, 4.69) is 0 Å². The van der Waals surface area contributed by atoms with Crippen molar-refractivity contribution < 1.29 is 32.2 Å². The molecule has 116 valence electrons. The van der Waals surface area contributed by atoms with E-state index in [1.165, 1.54) is 18.2 Å². The van der Waals surface area contributed by atoms with Crippen molar-refractivity contribution in [3.05, 3.63) is 65.0 Å². The van der Waals surface area contributed by atoms with Gasteiger partial charge in [0.05, 0.1) is 11.1 Å². The second-order valence-corrected chi connectivity index (χ2v) is 4.42. The smallest absolute Gasteiger partial charge is 0.416 e. The molecule has 22 heavy (non-hydrogen) atoms. The van der Waals surface area contributed by atoms with Crippen molar-refractivity contribution >= 4 is 5.97 Å². The van der Waals surface area contributed by atoms with Crippen LogP contribution in [0.15, 0.2) is 42.5 Å². The first-order chi connectivity index (χ1) is 10.3. The number of halogens is 4. The fourth-order valence-corrected chi connectivity index (χ4v) is 1.80. The largest absolute Gasteiger partial charge is 0.489 e. The van der Waals surface area contributed by atoms with E-state index in [9.17, 15) is 22.4 Å². The minimum Gasteiger partial charge on any atom is -0.489 e. The lowest BCUT2D eigenvalue weighted by molar-refractivity contribution is -0.137. The maximum atomic E-state index is 13.0. The summed E-state index contributed by atoms with van der Waals surface area (Å²) < 4.78 is 55.9. The highest BCUT2D eigenvalue weighted by atomic mass is 19.4. The Morgan fingerprint density at radius 3 is 2.50 bits per heavy atom. The normalized spacial score (nSPS) is 11.3. The van der Waals surface area contributed by atoms with Gasteiger partial charge in [0.15, 0.2) is 0 Å². The number of hydrogen-bond donors (Lipinski definition) is 1. The molecule has 0 aliphatic rings. The molecular formula is C15H10F4O3. The summed E-state index contributed by atoms with van der Waals surface area (Å²) in [5.74, 6) is -2.13. The summed E-state index contributed by atoms with van der Waals surface area (Å²) in [6.45, 7) is -0.288. The molecular weight excluding hydrogens is 304 g/mol. The lowest BCUT2D eigenvalue weighted by Gasteiger charge is -2.11. The highest BCUT2D eigenvalue weighted by Gasteiger charge is 2.30. The summed E-state index contributed by atoms with van der Waals surface area (Å²) in [5.41, 5.74) is -1.01. The van der Waals surface area contributed by atoms with Crippen molar-refractivity contribution in [2.75, 3.05) is 0 Å². The van der Waals surface area contributed by atoms with E-state index < -0.39 is 23.5 Å². The highest BCUT2D eigenvalue weighted by molar-refractivity contribution is 5.89. The first-order valence-corrected chi connectivity index (χ1v) is 6.09. The van der Waals surface area contributed by atoms with Crippen LogP contribution in [0, 0.1) is 5.82 Å². The molecule has 0 unspecified atom stereocenters. The zero-order valence-corrected chi connectivity index (χ0v) is 11.0. The van der Waals surface area contributed by atoms with Gasteiger partial charge in [-0.05, 0) is 30.3 Å². The molecule has 2 aromatic rings. The van der Waals surface area contributed by atoms with Crippen LogP contribution in [0.25, 0.3) is 0 Å². The molecule has 0 aliphatic heterocycles. The summed E-state index contributed by atoms with van der Waals surface area (Å²) in [5, 5.41) is 8.97. The number of rotatable bonds is 4. The van der Waals surface area contributed by atoms with Gasteiger partial charge in [0.25, 0.3) is 0 Å². The molecule has 0 fully saturated rings. The Morgan fingerprint density at radius 1 is 1.14 bits per heavy atom. The van der Waals surface area contributed by atoms with Crippen LogP contribution >= 0.6 is 0 Å². The van der Waals surface area contributed by atoms with Gasteiger partial charge in [-0.1, -0.05) is 12.1 Å². The van der Waals surface area contributed by atoms with E-state index in [0.29, 0.717) is 0 Å². The Kier molecular flexibility index (Phi) is 4.35. The van der Waals surface area contributed by atoms with Crippen LogP contribution in [0.4, 0.5) is 17.6 Å². The van der Waals surface area contributed by atoms with Crippen LogP contribution in [0.3, 0.4) is 0 Å². The topological polar surface area (TPSA) is 46.5 Å². The third-order valence-electron chi connectivity index (χ3n) is 2.86. The number of carbonyl (C=O) groups is 1. The predicted octanol–water partition coefficient (Wildman–Crippen LogP) is 4.12. The average molecular weight is 314 g/mol. The van der Waals surface area contributed by atoms with Crippen LogP contribution in [0.5, 0.6) is 5.75 Å². The van der Waals surface area contributed by atoms with Gasteiger partial charge in [0.2, 0.25) is 0 Å². The quantitative estimate of drug-likeness (QED) is 0.864. The Morgan fingerprint density at radius 2 is 1.86 bits per heavy atom. The second-order valence-electron chi connectivity index (χ2n) is 4.42. The third kappa shape index (κ3) is 3.75. The lowest BCUT2D eigenvalue weighted by Crippen LogP contribution is -2.07. The molecule has 0 saturated heterocycles. The minimum absolute atomic E-state index is 0.0597. The van der Waals surface area contributed by atoms with Crippen molar-refractivity contribution in [1.82, 2.24) is 0 Å². The van der Waals surface area contributed by atoms with E-state index in [0.717, 1.165) is 24.3 Å². The van der Waals surface area contributed by atoms with Gasteiger partial charge in [-0.15, -0.1) is 0 Å². The number of alkyl halides is 3. The maximum Gasteiger partial charge on any atom is 0.416 e. The standard InChI is InChI=1S/C15H10F4O3/c16-11-5-4-9(13(7-11)14(20)21)8-22-12-3-1-2-10(6-12)15(17,18)19/h1-7H,8H2,(H,20,21). The first kappa shape index (κ1) is 15.8. The number of benzene rings is 2. The van der Waals surface area contributed by atoms with Gasteiger partial charge >= 0.3 is 12.1 Å². The Bertz CT molecular complexity index is 695. The van der Waals surface area contributed by atoms with E-state index in [4.69, 9.17) is 9.84 Å². The van der Waals surface area contributed by atoms with Crippen molar-refractivity contribution in [2.45, 2.75) is 12.8 Å². The Labute approximate surface area is 122 Å². The molecule has 7 heteroatoms. The van der Waals surface area contributed by atoms with Crippen LogP contribution < -0.4 is 4.74 Å². The van der Waals surface area contributed by atoms with E-state index >= 15 is 0 Å². The predicted molar refractivity (Wildman–Crippen MR) is 69.1 cm³/mol. The Hall–Kier alpha value is -2.57. The molecule has 0 aliphatic carbocycles. The molecule has 2 aromatic carbocycles. The van der Waals surface area contributed by atoms with Crippen molar-refractivity contribution in [2.24, 2.45) is 0 Å².